The van der Waals surface area contributed by atoms with Crippen LogP contribution in [0.2, 0.25) is 0 Å². The van der Waals surface area contributed by atoms with E-state index in [4.69, 9.17) is 9.47 Å². The Bertz CT molecular complexity index is 1170. The number of amides is 1. The molecule has 2 aromatic heterocycles. The molecule has 1 atom stereocenters. The first kappa shape index (κ1) is 22.9. The van der Waals surface area contributed by atoms with Crippen molar-refractivity contribution in [3.63, 3.8) is 0 Å². The van der Waals surface area contributed by atoms with Crippen molar-refractivity contribution in [3.05, 3.63) is 65.6 Å². The number of hydrogen-bond donors (Lipinski definition) is 1. The molecule has 1 aliphatic rings. The number of carbonyl (C=O) groups excluding carboxylic acids is 1. The Balaban J connectivity index is 1.30. The molecule has 6 heteroatoms. The highest BCUT2D eigenvalue weighted by atomic mass is 16.6. The predicted molar refractivity (Wildman–Crippen MR) is 129 cm³/mol. The van der Waals surface area contributed by atoms with E-state index < -0.39 is 5.60 Å². The van der Waals surface area contributed by atoms with E-state index in [0.29, 0.717) is 26.2 Å². The molecule has 1 saturated heterocycles. The quantitative estimate of drug-likeness (QED) is 0.557. The number of carbonyl (C=O) groups is 1. The van der Waals surface area contributed by atoms with E-state index >= 15 is 0 Å². The Morgan fingerprint density at radius 1 is 1.27 bits per heavy atom. The molecular formula is C27H31N3O3. The van der Waals surface area contributed by atoms with Crippen molar-refractivity contribution < 1.29 is 14.3 Å². The Hall–Kier alpha value is -3.30. The van der Waals surface area contributed by atoms with Crippen molar-refractivity contribution in [3.8, 4) is 11.8 Å². The number of nitrogens with one attached hydrogen (secondary N) is 1. The van der Waals surface area contributed by atoms with E-state index in [1.165, 1.54) is 10.9 Å². The lowest BCUT2D eigenvalue weighted by atomic mass is 10.1. The number of para-hydroxylation sites is 1. The first-order chi connectivity index (χ1) is 15.9. The third kappa shape index (κ3) is 6.15. The van der Waals surface area contributed by atoms with Crippen molar-refractivity contribution >= 4 is 17.0 Å². The highest BCUT2D eigenvalue weighted by molar-refractivity contribution is 5.82. The van der Waals surface area contributed by atoms with Crippen LogP contribution in [0.3, 0.4) is 0 Å². The number of pyridine rings is 1. The molecule has 1 aliphatic heterocycles. The van der Waals surface area contributed by atoms with Gasteiger partial charge in [-0.25, -0.2) is 4.79 Å². The molecule has 33 heavy (non-hydrogen) atoms. The van der Waals surface area contributed by atoms with Gasteiger partial charge in [-0.15, -0.1) is 0 Å². The van der Waals surface area contributed by atoms with Crippen LogP contribution in [0.15, 0.2) is 48.9 Å². The summed E-state index contributed by atoms with van der Waals surface area (Å²) in [5.41, 5.74) is 3.66. The maximum Gasteiger partial charge on any atom is 0.410 e. The average Bonchev–Trinajstić information content (AvgIpc) is 3.43. The maximum absolute atomic E-state index is 12.4. The van der Waals surface area contributed by atoms with Crippen LogP contribution in [0.5, 0.6) is 0 Å². The summed E-state index contributed by atoms with van der Waals surface area (Å²) in [4.78, 5) is 21.8. The zero-order valence-electron chi connectivity index (χ0n) is 19.6. The number of nitrogens with zero attached hydrogens (tertiary/aromatic N) is 2. The zero-order chi connectivity index (χ0) is 23.3. The van der Waals surface area contributed by atoms with E-state index in [1.807, 2.05) is 33.0 Å². The second-order valence-corrected chi connectivity index (χ2v) is 9.40. The average molecular weight is 446 g/mol. The number of aromatic amines is 1. The molecule has 0 spiro atoms. The Morgan fingerprint density at radius 3 is 3.00 bits per heavy atom. The van der Waals surface area contributed by atoms with Crippen LogP contribution >= 0.6 is 0 Å². The van der Waals surface area contributed by atoms with E-state index in [9.17, 15) is 4.79 Å². The smallest absolute Gasteiger partial charge is 0.410 e. The van der Waals surface area contributed by atoms with Gasteiger partial charge < -0.3 is 19.4 Å². The van der Waals surface area contributed by atoms with Crippen LogP contribution < -0.4 is 0 Å². The van der Waals surface area contributed by atoms with Crippen LogP contribution in [0.1, 0.15) is 50.3 Å². The summed E-state index contributed by atoms with van der Waals surface area (Å²) >= 11 is 0. The van der Waals surface area contributed by atoms with Crippen molar-refractivity contribution in [2.45, 2.75) is 58.3 Å². The largest absolute Gasteiger partial charge is 0.444 e. The lowest BCUT2D eigenvalue weighted by Gasteiger charge is -2.28. The summed E-state index contributed by atoms with van der Waals surface area (Å²) < 4.78 is 11.5. The Kier molecular flexibility index (Phi) is 7.00. The van der Waals surface area contributed by atoms with Gasteiger partial charge >= 0.3 is 6.09 Å². The number of hydrogen-bond acceptors (Lipinski definition) is 4. The minimum absolute atomic E-state index is 0.0477. The molecule has 4 rings (SSSR count). The van der Waals surface area contributed by atoms with Crippen LogP contribution in [0, 0.1) is 11.8 Å². The molecule has 0 bridgehead atoms. The molecule has 1 aromatic carbocycles. The van der Waals surface area contributed by atoms with Crippen molar-refractivity contribution in [2.75, 3.05) is 13.2 Å². The first-order valence-electron chi connectivity index (χ1n) is 11.4. The summed E-state index contributed by atoms with van der Waals surface area (Å²) in [6, 6.07) is 10.4. The first-order valence-corrected chi connectivity index (χ1v) is 11.4. The van der Waals surface area contributed by atoms with Gasteiger partial charge in [-0.1, -0.05) is 30.0 Å². The standard InChI is InChI=1S/C27H31N3O3/c1-27(2,3)33-26(31)30-14-6-11-24(30)19-32-18-21-15-20(16-28-17-21)7-4-8-22-9-5-10-23-12-13-29-25(22)23/h5,9-10,12-13,15-17,24,29H,6,8,11,14,18-19H2,1-3H3. The molecule has 172 valence electrons. The summed E-state index contributed by atoms with van der Waals surface area (Å²) in [5, 5.41) is 1.20. The normalized spacial score (nSPS) is 16.0. The van der Waals surface area contributed by atoms with Crippen LogP contribution in [-0.4, -0.2) is 45.8 Å². The summed E-state index contributed by atoms with van der Waals surface area (Å²) in [5.74, 6) is 6.47. The number of benzene rings is 1. The van der Waals surface area contributed by atoms with Gasteiger partial charge in [-0.2, -0.15) is 0 Å². The summed E-state index contributed by atoms with van der Waals surface area (Å²) in [6.45, 7) is 7.28. The van der Waals surface area contributed by atoms with E-state index in [1.54, 1.807) is 17.3 Å². The monoisotopic (exact) mass is 445 g/mol. The lowest BCUT2D eigenvalue weighted by molar-refractivity contribution is 0.00881. The second-order valence-electron chi connectivity index (χ2n) is 9.40. The van der Waals surface area contributed by atoms with Gasteiger partial charge in [0, 0.05) is 42.6 Å². The van der Waals surface area contributed by atoms with E-state index in [2.05, 4.69) is 46.1 Å². The minimum atomic E-state index is -0.494. The highest BCUT2D eigenvalue weighted by Crippen LogP contribution is 2.21. The third-order valence-corrected chi connectivity index (χ3v) is 5.56. The fourth-order valence-corrected chi connectivity index (χ4v) is 4.06. The van der Waals surface area contributed by atoms with Gasteiger partial charge in [0.25, 0.3) is 0 Å². The molecule has 3 aromatic rings. The molecule has 1 amide bonds. The fraction of sp³-hybridized carbons (Fsp3) is 0.407. The van der Waals surface area contributed by atoms with Crippen molar-refractivity contribution in [1.82, 2.24) is 14.9 Å². The number of aromatic nitrogens is 2. The fourth-order valence-electron chi connectivity index (χ4n) is 4.06. The van der Waals surface area contributed by atoms with Crippen molar-refractivity contribution in [2.24, 2.45) is 0 Å². The molecule has 0 saturated carbocycles. The van der Waals surface area contributed by atoms with Gasteiger partial charge in [0.15, 0.2) is 0 Å². The highest BCUT2D eigenvalue weighted by Gasteiger charge is 2.32. The minimum Gasteiger partial charge on any atom is -0.444 e. The van der Waals surface area contributed by atoms with Crippen LogP contribution in [-0.2, 0) is 22.5 Å². The van der Waals surface area contributed by atoms with E-state index in [-0.39, 0.29) is 12.1 Å². The number of H-pyrrole nitrogens is 1. The molecule has 3 heterocycles. The van der Waals surface area contributed by atoms with Crippen LogP contribution in [0.25, 0.3) is 10.9 Å². The third-order valence-electron chi connectivity index (χ3n) is 5.56. The lowest BCUT2D eigenvalue weighted by Crippen LogP contribution is -2.41. The van der Waals surface area contributed by atoms with Gasteiger partial charge in [0.2, 0.25) is 0 Å². The molecule has 0 aliphatic carbocycles. The number of fused-ring (bicyclic) bond motifs is 1. The molecule has 6 nitrogen and oxygen atoms in total. The second kappa shape index (κ2) is 10.1. The molecule has 1 unspecified atom stereocenters. The molecule has 1 N–H and O–H groups in total. The molecule has 1 fully saturated rings. The number of likely N-dealkylation sites (tertiary alicyclic amines) is 1. The Labute approximate surface area is 195 Å². The maximum atomic E-state index is 12.4. The molecule has 0 radical (unpaired) electrons. The van der Waals surface area contributed by atoms with Crippen molar-refractivity contribution in [1.29, 1.82) is 0 Å². The van der Waals surface area contributed by atoms with E-state index in [0.717, 1.165) is 29.5 Å². The number of rotatable bonds is 5. The number of ether oxygens (including phenoxy) is 2. The predicted octanol–water partition coefficient (Wildman–Crippen LogP) is 5.07. The summed E-state index contributed by atoms with van der Waals surface area (Å²) in [6.07, 6.45) is 7.82. The van der Waals surface area contributed by atoms with Gasteiger partial charge in [-0.3, -0.25) is 4.98 Å². The zero-order valence-corrected chi connectivity index (χ0v) is 19.6. The molecular weight excluding hydrogens is 414 g/mol. The topological polar surface area (TPSA) is 67.4 Å². The summed E-state index contributed by atoms with van der Waals surface area (Å²) in [7, 11) is 0. The van der Waals surface area contributed by atoms with Gasteiger partial charge in [0.05, 0.1) is 19.3 Å². The van der Waals surface area contributed by atoms with Gasteiger partial charge in [0.1, 0.15) is 5.60 Å². The van der Waals surface area contributed by atoms with Gasteiger partial charge in [-0.05, 0) is 62.3 Å². The SMILES string of the molecule is CC(C)(C)OC(=O)N1CCCC1COCc1cncc(C#CCc2cccc3cc[nH]c23)c1. The Morgan fingerprint density at radius 2 is 2.15 bits per heavy atom. The van der Waals surface area contributed by atoms with Crippen LogP contribution in [0.4, 0.5) is 4.79 Å².